The standard InChI is InChI=1S/C21H18N4O3/c26-20(15-28-18-9-2-1-3-10-18)22-17-8-6-7-16(13-17)14-25-21(27)24-12-5-4-11-19(24)23-25/h1-13H,14-15H2,(H,22,26). The summed E-state index contributed by atoms with van der Waals surface area (Å²) in [5.74, 6) is 0.378. The van der Waals surface area contributed by atoms with Gasteiger partial charge in [0.25, 0.3) is 5.91 Å². The molecule has 0 unspecified atom stereocenters. The maximum Gasteiger partial charge on any atom is 0.350 e. The summed E-state index contributed by atoms with van der Waals surface area (Å²) in [6, 6.07) is 21.9. The highest BCUT2D eigenvalue weighted by molar-refractivity contribution is 5.91. The quantitative estimate of drug-likeness (QED) is 0.563. The predicted molar refractivity (Wildman–Crippen MR) is 106 cm³/mol. The third-order valence-corrected chi connectivity index (χ3v) is 4.14. The molecule has 28 heavy (non-hydrogen) atoms. The van der Waals surface area contributed by atoms with E-state index < -0.39 is 0 Å². The Morgan fingerprint density at radius 3 is 2.64 bits per heavy atom. The second-order valence-electron chi connectivity index (χ2n) is 6.22. The van der Waals surface area contributed by atoms with E-state index in [4.69, 9.17) is 4.74 Å². The summed E-state index contributed by atoms with van der Waals surface area (Å²) in [5, 5.41) is 7.12. The molecular formula is C21H18N4O3. The average Bonchev–Trinajstić information content (AvgIpc) is 3.03. The highest BCUT2D eigenvalue weighted by atomic mass is 16.5. The lowest BCUT2D eigenvalue weighted by Gasteiger charge is -2.09. The maximum absolute atomic E-state index is 12.4. The first kappa shape index (κ1) is 17.5. The van der Waals surface area contributed by atoms with Gasteiger partial charge in [-0.1, -0.05) is 36.4 Å². The molecule has 1 N–H and O–H groups in total. The van der Waals surface area contributed by atoms with Crippen LogP contribution in [0.1, 0.15) is 5.56 Å². The number of aromatic nitrogens is 3. The highest BCUT2D eigenvalue weighted by Gasteiger charge is 2.08. The van der Waals surface area contributed by atoms with E-state index >= 15 is 0 Å². The number of anilines is 1. The molecule has 7 nitrogen and oxygen atoms in total. The van der Waals surface area contributed by atoms with Gasteiger partial charge in [0.05, 0.1) is 6.54 Å². The van der Waals surface area contributed by atoms with Gasteiger partial charge in [-0.3, -0.25) is 9.20 Å². The number of ether oxygens (including phenoxy) is 1. The van der Waals surface area contributed by atoms with Crippen molar-refractivity contribution in [2.24, 2.45) is 0 Å². The van der Waals surface area contributed by atoms with Crippen molar-refractivity contribution >= 4 is 17.2 Å². The number of nitrogens with zero attached hydrogens (tertiary/aromatic N) is 3. The van der Waals surface area contributed by atoms with E-state index in [1.807, 2.05) is 42.5 Å². The van der Waals surface area contributed by atoms with Gasteiger partial charge in [0.2, 0.25) is 0 Å². The van der Waals surface area contributed by atoms with Crippen LogP contribution in [0.2, 0.25) is 0 Å². The molecule has 0 saturated heterocycles. The van der Waals surface area contributed by atoms with E-state index in [1.165, 1.54) is 9.08 Å². The van der Waals surface area contributed by atoms with Crippen molar-refractivity contribution in [2.45, 2.75) is 6.54 Å². The lowest BCUT2D eigenvalue weighted by atomic mass is 10.2. The molecule has 0 fully saturated rings. The number of carbonyl (C=O) groups is 1. The zero-order chi connectivity index (χ0) is 19.3. The third kappa shape index (κ3) is 3.93. The summed E-state index contributed by atoms with van der Waals surface area (Å²) in [5.41, 5.74) is 1.87. The molecule has 0 saturated carbocycles. The average molecular weight is 374 g/mol. The summed E-state index contributed by atoms with van der Waals surface area (Å²) < 4.78 is 8.34. The fourth-order valence-corrected chi connectivity index (χ4v) is 2.85. The highest BCUT2D eigenvalue weighted by Crippen LogP contribution is 2.12. The molecular weight excluding hydrogens is 356 g/mol. The Morgan fingerprint density at radius 2 is 1.82 bits per heavy atom. The smallest absolute Gasteiger partial charge is 0.350 e. The first-order chi connectivity index (χ1) is 13.7. The van der Waals surface area contributed by atoms with E-state index in [-0.39, 0.29) is 18.2 Å². The van der Waals surface area contributed by atoms with Crippen LogP contribution >= 0.6 is 0 Å². The summed E-state index contributed by atoms with van der Waals surface area (Å²) in [6.07, 6.45) is 1.69. The molecule has 0 aliphatic rings. The fraction of sp³-hybridized carbons (Fsp3) is 0.0952. The van der Waals surface area contributed by atoms with Gasteiger partial charge in [0.15, 0.2) is 12.3 Å². The molecule has 0 radical (unpaired) electrons. The molecule has 7 heteroatoms. The van der Waals surface area contributed by atoms with Gasteiger partial charge >= 0.3 is 5.69 Å². The van der Waals surface area contributed by atoms with Gasteiger partial charge in [-0.25, -0.2) is 9.48 Å². The molecule has 0 spiro atoms. The zero-order valence-corrected chi connectivity index (χ0v) is 15.0. The van der Waals surface area contributed by atoms with Crippen LogP contribution in [0.15, 0.2) is 83.8 Å². The van der Waals surface area contributed by atoms with E-state index in [0.717, 1.165) is 5.56 Å². The number of carbonyl (C=O) groups excluding carboxylic acids is 1. The lowest BCUT2D eigenvalue weighted by Crippen LogP contribution is -2.22. The molecule has 0 bridgehead atoms. The van der Waals surface area contributed by atoms with Crippen molar-refractivity contribution in [3.8, 4) is 5.75 Å². The topological polar surface area (TPSA) is 77.6 Å². The molecule has 0 aliphatic carbocycles. The van der Waals surface area contributed by atoms with Crippen molar-refractivity contribution in [1.29, 1.82) is 0 Å². The van der Waals surface area contributed by atoms with Crippen molar-refractivity contribution in [3.05, 3.63) is 95.0 Å². The van der Waals surface area contributed by atoms with Crippen molar-refractivity contribution in [3.63, 3.8) is 0 Å². The molecule has 4 rings (SSSR count). The summed E-state index contributed by atoms with van der Waals surface area (Å²) >= 11 is 0. The van der Waals surface area contributed by atoms with Crippen LogP contribution in [0.3, 0.4) is 0 Å². The van der Waals surface area contributed by atoms with Crippen LogP contribution < -0.4 is 15.7 Å². The number of fused-ring (bicyclic) bond motifs is 1. The zero-order valence-electron chi connectivity index (χ0n) is 15.0. The van der Waals surface area contributed by atoms with Crippen LogP contribution in [0.25, 0.3) is 5.65 Å². The maximum atomic E-state index is 12.4. The van der Waals surface area contributed by atoms with Gasteiger partial charge in [-0.15, -0.1) is 5.10 Å². The minimum atomic E-state index is -0.258. The largest absolute Gasteiger partial charge is 0.484 e. The van der Waals surface area contributed by atoms with Crippen molar-refractivity contribution < 1.29 is 9.53 Å². The Bertz CT molecular complexity index is 1160. The summed E-state index contributed by atoms with van der Waals surface area (Å²) in [6.45, 7) is 0.227. The monoisotopic (exact) mass is 374 g/mol. The van der Waals surface area contributed by atoms with E-state index in [1.54, 1.807) is 36.5 Å². The molecule has 1 amide bonds. The van der Waals surface area contributed by atoms with Crippen LogP contribution in [-0.4, -0.2) is 26.7 Å². The molecule has 4 aromatic rings. The van der Waals surface area contributed by atoms with E-state index in [2.05, 4.69) is 10.4 Å². The number of pyridine rings is 1. The Kier molecular flexibility index (Phi) is 4.88. The fourth-order valence-electron chi connectivity index (χ4n) is 2.85. The molecule has 0 aliphatic heterocycles. The molecule has 2 aromatic heterocycles. The Balaban J connectivity index is 1.43. The van der Waals surface area contributed by atoms with Crippen LogP contribution in [0, 0.1) is 0 Å². The number of para-hydroxylation sites is 1. The normalized spacial score (nSPS) is 10.7. The Morgan fingerprint density at radius 1 is 1.00 bits per heavy atom. The first-order valence-corrected chi connectivity index (χ1v) is 8.80. The van der Waals surface area contributed by atoms with Crippen LogP contribution in [0.4, 0.5) is 5.69 Å². The Hall–Kier alpha value is -3.87. The second-order valence-corrected chi connectivity index (χ2v) is 6.22. The van der Waals surface area contributed by atoms with Crippen molar-refractivity contribution in [1.82, 2.24) is 14.2 Å². The molecule has 0 atom stereocenters. The summed E-state index contributed by atoms with van der Waals surface area (Å²) in [7, 11) is 0. The third-order valence-electron chi connectivity index (χ3n) is 4.14. The Labute approximate surface area is 160 Å². The van der Waals surface area contributed by atoms with E-state index in [9.17, 15) is 9.59 Å². The molecule has 2 aromatic carbocycles. The van der Waals surface area contributed by atoms with Gasteiger partial charge in [-0.05, 0) is 42.0 Å². The number of amides is 1. The number of hydrogen-bond acceptors (Lipinski definition) is 4. The van der Waals surface area contributed by atoms with Crippen molar-refractivity contribution in [2.75, 3.05) is 11.9 Å². The number of rotatable bonds is 6. The second kappa shape index (κ2) is 7.79. The number of nitrogens with one attached hydrogen (secondary N) is 1. The molecule has 2 heterocycles. The number of benzene rings is 2. The molecule has 140 valence electrons. The van der Waals surface area contributed by atoms with Crippen LogP contribution in [-0.2, 0) is 11.3 Å². The minimum absolute atomic E-state index is 0.0832. The minimum Gasteiger partial charge on any atom is -0.484 e. The van der Waals surface area contributed by atoms with E-state index in [0.29, 0.717) is 23.6 Å². The predicted octanol–water partition coefficient (Wildman–Crippen LogP) is 2.56. The first-order valence-electron chi connectivity index (χ1n) is 8.80. The van der Waals surface area contributed by atoms with Crippen LogP contribution in [0.5, 0.6) is 5.75 Å². The lowest BCUT2D eigenvalue weighted by molar-refractivity contribution is -0.118. The van der Waals surface area contributed by atoms with Gasteiger partial charge < -0.3 is 10.1 Å². The van der Waals surface area contributed by atoms with Gasteiger partial charge in [0.1, 0.15) is 5.75 Å². The SMILES string of the molecule is O=C(COc1ccccc1)Nc1cccc(Cn2nc3ccccn3c2=O)c1. The van der Waals surface area contributed by atoms with Gasteiger partial charge in [-0.2, -0.15) is 0 Å². The summed E-state index contributed by atoms with van der Waals surface area (Å²) in [4.78, 5) is 24.5. The van der Waals surface area contributed by atoms with Gasteiger partial charge in [0, 0.05) is 11.9 Å². The number of hydrogen-bond donors (Lipinski definition) is 1.